The molecule has 1 fully saturated rings. The van der Waals surface area contributed by atoms with E-state index in [-0.39, 0.29) is 0 Å². The van der Waals surface area contributed by atoms with Crippen molar-refractivity contribution < 1.29 is 5.94 Å². The second-order valence-corrected chi connectivity index (χ2v) is 10.6. The summed E-state index contributed by atoms with van der Waals surface area (Å²) >= 11 is 0. The van der Waals surface area contributed by atoms with Crippen LogP contribution in [-0.4, -0.2) is 0 Å². The molecule has 1 aliphatic carbocycles. The summed E-state index contributed by atoms with van der Waals surface area (Å²) in [6.45, 7) is 13.6. The van der Waals surface area contributed by atoms with E-state index in [0.717, 1.165) is 11.1 Å². The fourth-order valence-electron chi connectivity index (χ4n) is 5.07. The van der Waals surface area contributed by atoms with Gasteiger partial charge in [0.2, 0.25) is 5.69 Å². The smallest absolute Gasteiger partial charge is 0.198 e. The minimum atomic E-state index is 0.477. The Hall–Kier alpha value is -2.15. The van der Waals surface area contributed by atoms with Crippen LogP contribution in [0.3, 0.4) is 0 Å². The van der Waals surface area contributed by atoms with Crippen molar-refractivity contribution in [3.63, 3.8) is 0 Å². The highest BCUT2D eigenvalue weighted by atomic mass is 14.9. The minimum Gasteiger partial charge on any atom is -0.198 e. The van der Waals surface area contributed by atoms with Gasteiger partial charge < -0.3 is 0 Å². The molecular formula is C29H38N+. The van der Waals surface area contributed by atoms with Crippen molar-refractivity contribution >= 4 is 10.8 Å². The SMILES string of the molecule is [2H]c1c(C)[n+](C)c(-c2cc(C(C)C)ccc2C)c2ccc(C3CCC(C)(C)CC3)cc12. The average molecular weight is 402 g/mol. The monoisotopic (exact) mass is 401 g/mol. The maximum atomic E-state index is 8.91. The van der Waals surface area contributed by atoms with Crippen LogP contribution in [0.4, 0.5) is 0 Å². The van der Waals surface area contributed by atoms with Gasteiger partial charge in [-0.25, -0.2) is 0 Å². The first kappa shape index (κ1) is 19.8. The lowest BCUT2D eigenvalue weighted by Gasteiger charge is -2.34. The average Bonchev–Trinajstić information content (AvgIpc) is 2.73. The quantitative estimate of drug-likeness (QED) is 0.395. The lowest BCUT2D eigenvalue weighted by molar-refractivity contribution is -0.665. The maximum absolute atomic E-state index is 8.91. The summed E-state index contributed by atoms with van der Waals surface area (Å²) in [6, 6.07) is 14.5. The van der Waals surface area contributed by atoms with Gasteiger partial charge in [-0.1, -0.05) is 52.0 Å². The number of nitrogens with zero attached hydrogens (tertiary/aromatic N) is 1. The number of rotatable bonds is 3. The molecule has 1 heterocycles. The zero-order valence-electron chi connectivity index (χ0n) is 20.9. The molecule has 0 atom stereocenters. The van der Waals surface area contributed by atoms with E-state index in [2.05, 4.69) is 89.6 Å². The highest BCUT2D eigenvalue weighted by Gasteiger charge is 2.28. The topological polar surface area (TPSA) is 3.88 Å². The maximum Gasteiger partial charge on any atom is 0.220 e. The van der Waals surface area contributed by atoms with Gasteiger partial charge in [-0.2, -0.15) is 4.57 Å². The van der Waals surface area contributed by atoms with Crippen molar-refractivity contribution in [2.24, 2.45) is 12.5 Å². The molecule has 0 radical (unpaired) electrons. The van der Waals surface area contributed by atoms with Gasteiger partial charge in [-0.05, 0) is 84.1 Å². The summed E-state index contributed by atoms with van der Waals surface area (Å²) in [5, 5.41) is 2.30. The van der Waals surface area contributed by atoms with Crippen LogP contribution in [0.25, 0.3) is 22.0 Å². The standard InChI is InChI=1S/C29H38N/c1-19(2)23-9-8-20(3)27(18-23)28-26-11-10-24(17-25(26)16-21(4)30(28)7)22-12-14-29(5,6)15-13-22/h8-11,16-19,22H,12-15H2,1-7H3/q+1/i16D. The Morgan fingerprint density at radius 3 is 2.40 bits per heavy atom. The Morgan fingerprint density at radius 1 is 1.03 bits per heavy atom. The minimum absolute atomic E-state index is 0.477. The third-order valence-corrected chi connectivity index (χ3v) is 7.45. The van der Waals surface area contributed by atoms with Crippen molar-refractivity contribution in [2.45, 2.75) is 79.1 Å². The van der Waals surface area contributed by atoms with Gasteiger partial charge in [0.15, 0.2) is 5.69 Å². The van der Waals surface area contributed by atoms with E-state index in [1.54, 1.807) is 0 Å². The van der Waals surface area contributed by atoms with Gasteiger partial charge in [-0.15, -0.1) is 0 Å². The molecule has 4 rings (SSSR count). The molecular weight excluding hydrogens is 362 g/mol. The third kappa shape index (κ3) is 3.92. The summed E-state index contributed by atoms with van der Waals surface area (Å²) in [5.41, 5.74) is 8.10. The molecule has 0 spiro atoms. The molecule has 1 aromatic heterocycles. The first-order valence-corrected chi connectivity index (χ1v) is 11.6. The molecule has 30 heavy (non-hydrogen) atoms. The van der Waals surface area contributed by atoms with Crippen LogP contribution in [0.2, 0.25) is 0 Å². The fraction of sp³-hybridized carbons (Fsp3) is 0.483. The van der Waals surface area contributed by atoms with E-state index < -0.39 is 0 Å². The van der Waals surface area contributed by atoms with Gasteiger partial charge >= 0.3 is 0 Å². The summed E-state index contributed by atoms with van der Waals surface area (Å²) in [6.07, 6.45) is 5.10. The van der Waals surface area contributed by atoms with E-state index in [9.17, 15) is 0 Å². The van der Waals surface area contributed by atoms with Crippen LogP contribution in [0.5, 0.6) is 0 Å². The van der Waals surface area contributed by atoms with Crippen molar-refractivity contribution in [1.29, 1.82) is 0 Å². The van der Waals surface area contributed by atoms with Crippen LogP contribution in [-0.2, 0) is 7.05 Å². The molecule has 3 aromatic rings. The Balaban J connectivity index is 1.89. The van der Waals surface area contributed by atoms with E-state index in [0.29, 0.717) is 23.3 Å². The second kappa shape index (κ2) is 7.84. The lowest BCUT2D eigenvalue weighted by atomic mass is 9.71. The van der Waals surface area contributed by atoms with Crippen LogP contribution in [0.1, 0.15) is 89.0 Å². The Morgan fingerprint density at radius 2 is 1.73 bits per heavy atom. The van der Waals surface area contributed by atoms with Crippen molar-refractivity contribution in [1.82, 2.24) is 0 Å². The molecule has 1 saturated carbocycles. The van der Waals surface area contributed by atoms with Crippen molar-refractivity contribution in [2.75, 3.05) is 0 Å². The molecule has 0 bridgehead atoms. The molecule has 0 amide bonds. The zero-order chi connectivity index (χ0) is 22.5. The van der Waals surface area contributed by atoms with Crippen LogP contribution >= 0.6 is 0 Å². The zero-order valence-corrected chi connectivity index (χ0v) is 19.9. The van der Waals surface area contributed by atoms with E-state index >= 15 is 0 Å². The molecule has 2 aromatic carbocycles. The first-order chi connectivity index (χ1) is 14.6. The van der Waals surface area contributed by atoms with E-state index in [1.165, 1.54) is 59.0 Å². The Labute approximate surface area is 184 Å². The highest BCUT2D eigenvalue weighted by molar-refractivity contribution is 5.94. The second-order valence-electron chi connectivity index (χ2n) is 10.6. The van der Waals surface area contributed by atoms with Gasteiger partial charge in [0.05, 0.1) is 6.76 Å². The van der Waals surface area contributed by atoms with Gasteiger partial charge in [0.1, 0.15) is 7.05 Å². The predicted octanol–water partition coefficient (Wildman–Crippen LogP) is 7.76. The number of pyridine rings is 1. The first-order valence-electron chi connectivity index (χ1n) is 12.1. The van der Waals surface area contributed by atoms with E-state index in [1.807, 2.05) is 0 Å². The highest BCUT2D eigenvalue weighted by Crippen LogP contribution is 2.43. The van der Waals surface area contributed by atoms with Crippen molar-refractivity contribution in [3.05, 3.63) is 64.8 Å². The molecule has 0 N–H and O–H groups in total. The normalized spacial score (nSPS) is 17.5. The van der Waals surface area contributed by atoms with Crippen molar-refractivity contribution in [3.8, 4) is 11.3 Å². The number of hydrogen-bond acceptors (Lipinski definition) is 0. The predicted molar refractivity (Wildman–Crippen MR) is 129 cm³/mol. The number of aryl methyl sites for hydroxylation is 1. The van der Waals surface area contributed by atoms with Gasteiger partial charge in [0.25, 0.3) is 0 Å². The number of fused-ring (bicyclic) bond motifs is 1. The summed E-state index contributed by atoms with van der Waals surface area (Å²) in [4.78, 5) is 0. The summed E-state index contributed by atoms with van der Waals surface area (Å²) < 4.78 is 11.1. The summed E-state index contributed by atoms with van der Waals surface area (Å²) in [7, 11) is 2.11. The number of benzene rings is 2. The van der Waals surface area contributed by atoms with Gasteiger partial charge in [-0.3, -0.25) is 0 Å². The van der Waals surface area contributed by atoms with Gasteiger partial charge in [0, 0.05) is 18.5 Å². The van der Waals surface area contributed by atoms with Crippen LogP contribution in [0, 0.1) is 19.3 Å². The number of hydrogen-bond donors (Lipinski definition) is 0. The molecule has 1 nitrogen and oxygen atoms in total. The largest absolute Gasteiger partial charge is 0.220 e. The van der Waals surface area contributed by atoms with E-state index in [4.69, 9.17) is 1.37 Å². The Kier molecular flexibility index (Phi) is 5.17. The molecule has 1 aliphatic rings. The molecule has 0 aliphatic heterocycles. The Bertz CT molecular complexity index is 1130. The van der Waals surface area contributed by atoms with Crippen LogP contribution < -0.4 is 4.57 Å². The van der Waals surface area contributed by atoms with Crippen LogP contribution in [0.15, 0.2) is 42.4 Å². The number of aromatic nitrogens is 1. The summed E-state index contributed by atoms with van der Waals surface area (Å²) in [5.74, 6) is 1.12. The molecule has 0 saturated heterocycles. The molecule has 158 valence electrons. The third-order valence-electron chi connectivity index (χ3n) is 7.45. The lowest BCUT2D eigenvalue weighted by Crippen LogP contribution is -2.35. The fourth-order valence-corrected chi connectivity index (χ4v) is 5.07. The molecule has 1 heteroatoms. The molecule has 0 unspecified atom stereocenters.